The van der Waals surface area contributed by atoms with E-state index in [1.165, 1.54) is 6.07 Å². The number of anilines is 1. The highest BCUT2D eigenvalue weighted by molar-refractivity contribution is 6.37. The van der Waals surface area contributed by atoms with Crippen molar-refractivity contribution in [3.05, 3.63) is 75.0 Å². The van der Waals surface area contributed by atoms with E-state index in [0.29, 0.717) is 37.8 Å². The van der Waals surface area contributed by atoms with Gasteiger partial charge in [-0.1, -0.05) is 34.8 Å². The van der Waals surface area contributed by atoms with E-state index < -0.39 is 0 Å². The number of rotatable bonds is 5. The summed E-state index contributed by atoms with van der Waals surface area (Å²) in [5.74, 6) is 0.864. The summed E-state index contributed by atoms with van der Waals surface area (Å²) >= 11 is 18.9. The van der Waals surface area contributed by atoms with Crippen molar-refractivity contribution in [2.75, 3.05) is 5.73 Å². The Morgan fingerprint density at radius 1 is 1.19 bits per heavy atom. The topological polar surface area (TPSA) is 114 Å². The molecule has 4 aromatic rings. The Hall–Kier alpha value is -3.31. The highest BCUT2D eigenvalue weighted by Gasteiger charge is 2.19. The summed E-state index contributed by atoms with van der Waals surface area (Å²) in [7, 11) is 0. The molecular formula is C21H13Cl3N6O. The Morgan fingerprint density at radius 2 is 2.00 bits per heavy atom. The van der Waals surface area contributed by atoms with Gasteiger partial charge < -0.3 is 15.9 Å². The molecule has 4 rings (SSSR count). The molecule has 154 valence electrons. The molecule has 7 nitrogen and oxygen atoms in total. The number of nitrogens with zero attached hydrogens (tertiary/aromatic N) is 4. The summed E-state index contributed by atoms with van der Waals surface area (Å²) in [6.07, 6.45) is 1.56. The number of aromatic nitrogens is 3. The van der Waals surface area contributed by atoms with Gasteiger partial charge in [0.1, 0.15) is 11.6 Å². The van der Waals surface area contributed by atoms with Gasteiger partial charge in [-0.15, -0.1) is 0 Å². The van der Waals surface area contributed by atoms with Gasteiger partial charge >= 0.3 is 0 Å². The number of hydrogen-bond donors (Lipinski definition) is 2. The van der Waals surface area contributed by atoms with Gasteiger partial charge in [0.25, 0.3) is 0 Å². The predicted molar refractivity (Wildman–Crippen MR) is 121 cm³/mol. The van der Waals surface area contributed by atoms with Crippen molar-refractivity contribution in [2.24, 2.45) is 0 Å². The molecule has 3 N–H and O–H groups in total. The molecule has 10 heteroatoms. The van der Waals surface area contributed by atoms with E-state index in [0.717, 1.165) is 0 Å². The van der Waals surface area contributed by atoms with Gasteiger partial charge in [0.2, 0.25) is 0 Å². The van der Waals surface area contributed by atoms with Crippen LogP contribution < -0.4 is 10.5 Å². The van der Waals surface area contributed by atoms with Gasteiger partial charge in [-0.3, -0.25) is 4.68 Å². The fourth-order valence-corrected chi connectivity index (χ4v) is 3.80. The number of nitrogens with two attached hydrogens (primary N) is 1. The standard InChI is InChI=1S/C21H13Cl3N6O/c22-12-6-11(9-25)7-13(8-12)31-19-15(23)3-4-17-18(19)20(24)29-30(17)10-16(26)14-2-1-5-28-21(14)27/h1-8,26H,10H2,(H2,27,28). The van der Waals surface area contributed by atoms with E-state index in [1.807, 2.05) is 6.07 Å². The number of nitrogens with one attached hydrogen (secondary N) is 1. The molecule has 0 saturated heterocycles. The molecule has 0 aliphatic rings. The number of benzene rings is 2. The molecule has 31 heavy (non-hydrogen) atoms. The third-order valence-corrected chi connectivity index (χ3v) is 5.25. The number of fused-ring (bicyclic) bond motifs is 1. The summed E-state index contributed by atoms with van der Waals surface area (Å²) in [5, 5.41) is 23.2. The summed E-state index contributed by atoms with van der Waals surface area (Å²) < 4.78 is 7.52. The minimum Gasteiger partial charge on any atom is -0.455 e. The second-order valence-electron chi connectivity index (χ2n) is 6.52. The van der Waals surface area contributed by atoms with Crippen LogP contribution in [0.3, 0.4) is 0 Å². The normalized spacial score (nSPS) is 10.8. The first kappa shape index (κ1) is 20.9. The zero-order valence-electron chi connectivity index (χ0n) is 15.7. The van der Waals surface area contributed by atoms with Crippen LogP contribution in [0, 0.1) is 16.7 Å². The van der Waals surface area contributed by atoms with Crippen molar-refractivity contribution < 1.29 is 4.74 Å². The number of pyridine rings is 1. The molecule has 0 aliphatic carbocycles. The summed E-state index contributed by atoms with van der Waals surface area (Å²) in [5.41, 5.74) is 7.56. The SMILES string of the molecule is N#Cc1cc(Cl)cc(Oc2c(Cl)ccc3c2c(Cl)nn3CC(=N)c2cccnc2N)c1. The van der Waals surface area contributed by atoms with Gasteiger partial charge in [0.05, 0.1) is 39.8 Å². The molecule has 2 aromatic heterocycles. The van der Waals surface area contributed by atoms with Crippen LogP contribution in [0.25, 0.3) is 10.9 Å². The second-order valence-corrected chi connectivity index (χ2v) is 7.72. The van der Waals surface area contributed by atoms with Crippen molar-refractivity contribution >= 4 is 57.2 Å². The molecule has 0 fully saturated rings. The lowest BCUT2D eigenvalue weighted by Crippen LogP contribution is -2.14. The Labute approximate surface area is 192 Å². The average molecular weight is 472 g/mol. The number of halogens is 3. The van der Waals surface area contributed by atoms with E-state index in [1.54, 1.807) is 47.3 Å². The minimum absolute atomic E-state index is 0.107. The quantitative estimate of drug-likeness (QED) is 0.362. The first-order chi connectivity index (χ1) is 14.9. The first-order valence-electron chi connectivity index (χ1n) is 8.88. The molecule has 0 bridgehead atoms. The summed E-state index contributed by atoms with van der Waals surface area (Å²) in [4.78, 5) is 4.01. The van der Waals surface area contributed by atoms with Gasteiger partial charge in [0, 0.05) is 16.8 Å². The number of nitriles is 1. The first-order valence-corrected chi connectivity index (χ1v) is 10.0. The van der Waals surface area contributed by atoms with Crippen molar-refractivity contribution in [1.29, 1.82) is 10.7 Å². The van der Waals surface area contributed by atoms with Crippen molar-refractivity contribution in [2.45, 2.75) is 6.54 Å². The average Bonchev–Trinajstić information content (AvgIpc) is 3.05. The number of ether oxygens (including phenoxy) is 1. The molecule has 2 heterocycles. The predicted octanol–water partition coefficient (Wildman–Crippen LogP) is 5.71. The Balaban J connectivity index is 1.76. The molecule has 0 saturated carbocycles. The summed E-state index contributed by atoms with van der Waals surface area (Å²) in [6, 6.07) is 13.5. The molecular weight excluding hydrogens is 459 g/mol. The largest absolute Gasteiger partial charge is 0.455 e. The highest BCUT2D eigenvalue weighted by atomic mass is 35.5. The minimum atomic E-state index is 0.107. The van der Waals surface area contributed by atoms with E-state index in [9.17, 15) is 0 Å². The van der Waals surface area contributed by atoms with Crippen molar-refractivity contribution in [3.8, 4) is 17.6 Å². The molecule has 0 atom stereocenters. The van der Waals surface area contributed by atoms with Gasteiger partial charge in [-0.25, -0.2) is 4.98 Å². The zero-order chi connectivity index (χ0) is 22.1. The Kier molecular flexibility index (Phi) is 5.70. The molecule has 0 unspecified atom stereocenters. The monoisotopic (exact) mass is 470 g/mol. The fraction of sp³-hybridized carbons (Fsp3) is 0.0476. The van der Waals surface area contributed by atoms with E-state index >= 15 is 0 Å². The maximum atomic E-state index is 9.17. The molecule has 0 radical (unpaired) electrons. The van der Waals surface area contributed by atoms with Gasteiger partial charge in [0.15, 0.2) is 10.9 Å². The smallest absolute Gasteiger partial charge is 0.162 e. The van der Waals surface area contributed by atoms with Crippen LogP contribution in [-0.2, 0) is 6.54 Å². The third kappa shape index (κ3) is 4.14. The van der Waals surface area contributed by atoms with Gasteiger partial charge in [-0.05, 0) is 42.5 Å². The van der Waals surface area contributed by atoms with E-state index in [4.69, 9.17) is 55.9 Å². The van der Waals surface area contributed by atoms with Crippen molar-refractivity contribution in [1.82, 2.24) is 14.8 Å². The van der Waals surface area contributed by atoms with Crippen LogP contribution in [0.1, 0.15) is 11.1 Å². The Bertz CT molecular complexity index is 1380. The molecule has 0 amide bonds. The van der Waals surface area contributed by atoms with Crippen LogP contribution in [0.5, 0.6) is 11.5 Å². The lowest BCUT2D eigenvalue weighted by Gasteiger charge is -2.11. The van der Waals surface area contributed by atoms with E-state index in [2.05, 4.69) is 10.1 Å². The number of nitrogen functional groups attached to an aromatic ring is 1. The maximum absolute atomic E-state index is 9.17. The van der Waals surface area contributed by atoms with Crippen LogP contribution in [0.4, 0.5) is 5.82 Å². The van der Waals surface area contributed by atoms with Crippen molar-refractivity contribution in [3.63, 3.8) is 0 Å². The zero-order valence-corrected chi connectivity index (χ0v) is 18.0. The lowest BCUT2D eigenvalue weighted by atomic mass is 10.1. The summed E-state index contributed by atoms with van der Waals surface area (Å²) in [6.45, 7) is 0.107. The lowest BCUT2D eigenvalue weighted by molar-refractivity contribution is 0.488. The fourth-order valence-electron chi connectivity index (χ4n) is 3.10. The van der Waals surface area contributed by atoms with Crippen LogP contribution in [0.2, 0.25) is 15.2 Å². The molecule has 0 spiro atoms. The second kappa shape index (κ2) is 8.44. The molecule has 0 aliphatic heterocycles. The highest BCUT2D eigenvalue weighted by Crippen LogP contribution is 2.41. The van der Waals surface area contributed by atoms with Gasteiger partial charge in [-0.2, -0.15) is 10.4 Å². The third-order valence-electron chi connectivity index (χ3n) is 4.47. The maximum Gasteiger partial charge on any atom is 0.162 e. The number of hydrogen-bond acceptors (Lipinski definition) is 6. The van der Waals surface area contributed by atoms with E-state index in [-0.39, 0.29) is 29.0 Å². The Morgan fingerprint density at radius 3 is 2.74 bits per heavy atom. The molecule has 2 aromatic carbocycles. The van der Waals surface area contributed by atoms with Crippen LogP contribution in [-0.4, -0.2) is 20.5 Å². The van der Waals surface area contributed by atoms with Crippen LogP contribution in [0.15, 0.2) is 48.7 Å². The van der Waals surface area contributed by atoms with Crippen LogP contribution >= 0.6 is 34.8 Å².